The fourth-order valence-corrected chi connectivity index (χ4v) is 1.74. The lowest BCUT2D eigenvalue weighted by Crippen LogP contribution is -2.41. The molecule has 0 aliphatic rings. The van der Waals surface area contributed by atoms with Crippen LogP contribution in [-0.2, 0) is 4.79 Å². The van der Waals surface area contributed by atoms with Crippen LogP contribution in [0, 0.1) is 6.92 Å². The van der Waals surface area contributed by atoms with Crippen LogP contribution in [0.15, 0.2) is 22.7 Å². The molecule has 0 saturated carbocycles. The van der Waals surface area contributed by atoms with E-state index in [1.165, 1.54) is 6.92 Å². The maximum atomic E-state index is 10.7. The highest BCUT2D eigenvalue weighted by Gasteiger charge is 2.29. The zero-order valence-corrected chi connectivity index (χ0v) is 10.7. The highest BCUT2D eigenvalue weighted by Crippen LogP contribution is 2.23. The van der Waals surface area contributed by atoms with Crippen LogP contribution >= 0.6 is 15.9 Å². The molecule has 0 aliphatic carbocycles. The first-order chi connectivity index (χ1) is 7.33. The largest absolute Gasteiger partial charge is 0.479 e. The van der Waals surface area contributed by atoms with E-state index in [1.54, 1.807) is 0 Å². The topological polar surface area (TPSA) is 69.6 Å². The maximum absolute atomic E-state index is 10.7. The van der Waals surface area contributed by atoms with Crippen molar-refractivity contribution in [1.82, 2.24) is 0 Å². The first kappa shape index (κ1) is 13.0. The molecule has 1 atom stereocenters. The monoisotopic (exact) mass is 287 g/mol. The molecule has 4 nitrogen and oxygen atoms in total. The first-order valence-electron chi connectivity index (χ1n) is 4.79. The normalized spacial score (nSPS) is 14.2. The van der Waals surface area contributed by atoms with Gasteiger partial charge in [0, 0.05) is 10.2 Å². The van der Waals surface area contributed by atoms with Gasteiger partial charge in [0.15, 0.2) is 5.60 Å². The standard InChI is InChI=1S/C11H14BrNO3/c1-7-3-4-9(8(12)5-7)13-6-11(2,16)10(14)15/h3-5,13,16H,6H2,1-2H3,(H,14,15). The molecule has 16 heavy (non-hydrogen) atoms. The summed E-state index contributed by atoms with van der Waals surface area (Å²) in [5.41, 5.74) is 0.0826. The number of benzene rings is 1. The van der Waals surface area contributed by atoms with Crippen molar-refractivity contribution in [2.75, 3.05) is 11.9 Å². The smallest absolute Gasteiger partial charge is 0.337 e. The number of hydrogen-bond acceptors (Lipinski definition) is 3. The summed E-state index contributed by atoms with van der Waals surface area (Å²) in [7, 11) is 0. The zero-order chi connectivity index (χ0) is 12.3. The predicted octanol–water partition coefficient (Wildman–Crippen LogP) is 2.01. The molecule has 5 heteroatoms. The fraction of sp³-hybridized carbons (Fsp3) is 0.364. The molecule has 1 rings (SSSR count). The molecule has 0 spiro atoms. The van der Waals surface area contributed by atoms with Gasteiger partial charge in [-0.25, -0.2) is 4.79 Å². The van der Waals surface area contributed by atoms with E-state index in [4.69, 9.17) is 5.11 Å². The number of anilines is 1. The molecule has 1 aromatic carbocycles. The Morgan fingerprint density at radius 1 is 1.56 bits per heavy atom. The molecular formula is C11H14BrNO3. The fourth-order valence-electron chi connectivity index (χ4n) is 1.11. The van der Waals surface area contributed by atoms with E-state index >= 15 is 0 Å². The number of nitrogens with one attached hydrogen (secondary N) is 1. The number of halogens is 1. The summed E-state index contributed by atoms with van der Waals surface area (Å²) >= 11 is 3.36. The molecule has 0 bridgehead atoms. The Morgan fingerprint density at radius 3 is 2.69 bits per heavy atom. The molecule has 0 amide bonds. The van der Waals surface area contributed by atoms with Gasteiger partial charge in [-0.3, -0.25) is 0 Å². The van der Waals surface area contributed by atoms with Gasteiger partial charge in [-0.2, -0.15) is 0 Å². The van der Waals surface area contributed by atoms with E-state index in [-0.39, 0.29) is 6.54 Å². The van der Waals surface area contributed by atoms with Crippen molar-refractivity contribution in [3.8, 4) is 0 Å². The molecule has 0 aromatic heterocycles. The van der Waals surface area contributed by atoms with Gasteiger partial charge in [0.05, 0.1) is 6.54 Å². The summed E-state index contributed by atoms with van der Waals surface area (Å²) in [6.07, 6.45) is 0. The second-order valence-corrected chi connectivity index (χ2v) is 4.77. The van der Waals surface area contributed by atoms with Crippen molar-refractivity contribution < 1.29 is 15.0 Å². The number of rotatable bonds is 4. The third-order valence-corrected chi connectivity index (χ3v) is 2.86. The van der Waals surface area contributed by atoms with E-state index in [9.17, 15) is 9.90 Å². The number of aliphatic hydroxyl groups is 1. The van der Waals surface area contributed by atoms with E-state index in [1.807, 2.05) is 25.1 Å². The molecule has 0 aliphatic heterocycles. The van der Waals surface area contributed by atoms with Crippen LogP contribution in [0.25, 0.3) is 0 Å². The highest BCUT2D eigenvalue weighted by molar-refractivity contribution is 9.10. The zero-order valence-electron chi connectivity index (χ0n) is 9.12. The Labute approximate surface area is 102 Å². The Kier molecular flexibility index (Phi) is 3.93. The Bertz CT molecular complexity index is 404. The van der Waals surface area contributed by atoms with Gasteiger partial charge >= 0.3 is 5.97 Å². The summed E-state index contributed by atoms with van der Waals surface area (Å²) in [5, 5.41) is 21.1. The number of carboxylic acid groups (broad SMARTS) is 1. The van der Waals surface area contributed by atoms with Crippen molar-refractivity contribution in [2.24, 2.45) is 0 Å². The summed E-state index contributed by atoms with van der Waals surface area (Å²) in [5.74, 6) is -1.25. The van der Waals surface area contributed by atoms with Crippen molar-refractivity contribution >= 4 is 27.6 Å². The second kappa shape index (κ2) is 4.84. The van der Waals surface area contributed by atoms with E-state index in [2.05, 4.69) is 21.2 Å². The van der Waals surface area contributed by atoms with Crippen molar-refractivity contribution in [3.05, 3.63) is 28.2 Å². The molecule has 0 heterocycles. The average molecular weight is 288 g/mol. The quantitative estimate of drug-likeness (QED) is 0.792. The molecule has 0 radical (unpaired) electrons. The lowest BCUT2D eigenvalue weighted by atomic mass is 10.1. The highest BCUT2D eigenvalue weighted by atomic mass is 79.9. The van der Waals surface area contributed by atoms with Gasteiger partial charge in [0.25, 0.3) is 0 Å². The number of aryl methyl sites for hydroxylation is 1. The molecule has 1 aromatic rings. The molecule has 0 fully saturated rings. The summed E-state index contributed by atoms with van der Waals surface area (Å²) in [4.78, 5) is 10.7. The van der Waals surface area contributed by atoms with E-state index in [0.717, 1.165) is 15.7 Å². The first-order valence-corrected chi connectivity index (χ1v) is 5.58. The minimum absolute atomic E-state index is 0.0516. The summed E-state index contributed by atoms with van der Waals surface area (Å²) < 4.78 is 0.841. The third-order valence-electron chi connectivity index (χ3n) is 2.21. The van der Waals surface area contributed by atoms with Gasteiger partial charge in [-0.05, 0) is 47.5 Å². The molecular weight excluding hydrogens is 274 g/mol. The number of aliphatic carboxylic acids is 1. The van der Waals surface area contributed by atoms with Crippen LogP contribution < -0.4 is 5.32 Å². The van der Waals surface area contributed by atoms with Gasteiger partial charge in [0.2, 0.25) is 0 Å². The van der Waals surface area contributed by atoms with Crippen LogP contribution in [0.2, 0.25) is 0 Å². The molecule has 88 valence electrons. The molecule has 0 saturated heterocycles. The van der Waals surface area contributed by atoms with Gasteiger partial charge in [0.1, 0.15) is 0 Å². The van der Waals surface area contributed by atoms with Crippen LogP contribution in [0.1, 0.15) is 12.5 Å². The van der Waals surface area contributed by atoms with Gasteiger partial charge < -0.3 is 15.5 Å². The third kappa shape index (κ3) is 3.21. The van der Waals surface area contributed by atoms with Crippen molar-refractivity contribution in [1.29, 1.82) is 0 Å². The van der Waals surface area contributed by atoms with Gasteiger partial charge in [-0.1, -0.05) is 6.07 Å². The minimum atomic E-state index is -1.77. The maximum Gasteiger partial charge on any atom is 0.337 e. The summed E-state index contributed by atoms with van der Waals surface area (Å²) in [6.45, 7) is 3.16. The van der Waals surface area contributed by atoms with Crippen molar-refractivity contribution in [2.45, 2.75) is 19.4 Å². The van der Waals surface area contributed by atoms with E-state index < -0.39 is 11.6 Å². The second-order valence-electron chi connectivity index (χ2n) is 3.92. The van der Waals surface area contributed by atoms with Crippen LogP contribution in [-0.4, -0.2) is 28.3 Å². The van der Waals surface area contributed by atoms with E-state index in [0.29, 0.717) is 0 Å². The van der Waals surface area contributed by atoms with Gasteiger partial charge in [-0.15, -0.1) is 0 Å². The Morgan fingerprint density at radius 2 is 2.19 bits per heavy atom. The Hall–Kier alpha value is -1.07. The number of carbonyl (C=O) groups is 1. The van der Waals surface area contributed by atoms with Crippen LogP contribution in [0.4, 0.5) is 5.69 Å². The SMILES string of the molecule is Cc1ccc(NCC(C)(O)C(=O)O)c(Br)c1. The van der Waals surface area contributed by atoms with Crippen molar-refractivity contribution in [3.63, 3.8) is 0 Å². The Balaban J connectivity index is 2.72. The molecule has 3 N–H and O–H groups in total. The van der Waals surface area contributed by atoms with Crippen LogP contribution in [0.3, 0.4) is 0 Å². The summed E-state index contributed by atoms with van der Waals surface area (Å²) in [6, 6.07) is 5.65. The minimum Gasteiger partial charge on any atom is -0.479 e. The number of hydrogen-bond donors (Lipinski definition) is 3. The number of carboxylic acids is 1. The molecule has 1 unspecified atom stereocenters. The van der Waals surface area contributed by atoms with Crippen LogP contribution in [0.5, 0.6) is 0 Å². The predicted molar refractivity (Wildman–Crippen MR) is 65.6 cm³/mol. The lowest BCUT2D eigenvalue weighted by Gasteiger charge is -2.19. The average Bonchev–Trinajstić information content (AvgIpc) is 2.16. The lowest BCUT2D eigenvalue weighted by molar-refractivity contribution is -0.155.